The third-order valence-corrected chi connectivity index (χ3v) is 4.10. The van der Waals surface area contributed by atoms with E-state index in [1.54, 1.807) is 13.3 Å². The molecule has 8 nitrogen and oxygen atoms in total. The lowest BCUT2D eigenvalue weighted by Crippen LogP contribution is -2.08. The van der Waals surface area contributed by atoms with Crippen LogP contribution in [0.1, 0.15) is 11.1 Å². The monoisotopic (exact) mass is 365 g/mol. The van der Waals surface area contributed by atoms with Gasteiger partial charge in [0.05, 0.1) is 13.3 Å². The van der Waals surface area contributed by atoms with E-state index in [2.05, 4.69) is 25.8 Å². The number of anilines is 2. The summed E-state index contributed by atoms with van der Waals surface area (Å²) < 4.78 is 16.1. The van der Waals surface area contributed by atoms with Crippen molar-refractivity contribution in [3.05, 3.63) is 59.8 Å². The van der Waals surface area contributed by atoms with Crippen molar-refractivity contribution >= 4 is 11.8 Å². The van der Waals surface area contributed by atoms with Crippen LogP contribution in [-0.4, -0.2) is 29.1 Å². The first kappa shape index (κ1) is 16.9. The molecule has 0 radical (unpaired) electrons. The van der Waals surface area contributed by atoms with Crippen molar-refractivity contribution in [2.45, 2.75) is 13.1 Å². The molecule has 0 bridgehead atoms. The van der Waals surface area contributed by atoms with Crippen molar-refractivity contribution in [3.8, 4) is 17.2 Å². The number of rotatable bonds is 7. The number of nitrogens with zero attached hydrogens (tertiary/aromatic N) is 3. The summed E-state index contributed by atoms with van der Waals surface area (Å²) in [6, 6.07) is 13.6. The number of hydrogen-bond acceptors (Lipinski definition) is 8. The zero-order chi connectivity index (χ0) is 18.5. The molecule has 0 atom stereocenters. The fourth-order valence-corrected chi connectivity index (χ4v) is 2.73. The van der Waals surface area contributed by atoms with Gasteiger partial charge in [-0.25, -0.2) is 0 Å². The van der Waals surface area contributed by atoms with E-state index in [1.165, 1.54) is 0 Å². The summed E-state index contributed by atoms with van der Waals surface area (Å²) in [5, 5.41) is 14.4. The van der Waals surface area contributed by atoms with Gasteiger partial charge in [-0.2, -0.15) is 10.1 Å². The fourth-order valence-electron chi connectivity index (χ4n) is 2.73. The second-order valence-corrected chi connectivity index (χ2v) is 5.87. The van der Waals surface area contributed by atoms with Crippen molar-refractivity contribution in [2.24, 2.45) is 0 Å². The van der Waals surface area contributed by atoms with Crippen LogP contribution in [-0.2, 0) is 13.1 Å². The predicted molar refractivity (Wildman–Crippen MR) is 100 cm³/mol. The second-order valence-electron chi connectivity index (χ2n) is 5.87. The first-order chi connectivity index (χ1) is 13.3. The number of fused-ring (bicyclic) bond motifs is 1. The Morgan fingerprint density at radius 1 is 1.04 bits per heavy atom. The summed E-state index contributed by atoms with van der Waals surface area (Å²) in [7, 11) is 1.65. The first-order valence-electron chi connectivity index (χ1n) is 8.50. The van der Waals surface area contributed by atoms with Crippen LogP contribution < -0.4 is 24.8 Å². The molecule has 2 aromatic carbocycles. The lowest BCUT2D eigenvalue weighted by atomic mass is 10.2. The molecule has 0 spiro atoms. The van der Waals surface area contributed by atoms with Gasteiger partial charge in [0.2, 0.25) is 12.7 Å². The highest BCUT2D eigenvalue weighted by molar-refractivity contribution is 5.46. The molecule has 0 aliphatic carbocycles. The average Bonchev–Trinajstić information content (AvgIpc) is 3.19. The molecule has 1 aliphatic rings. The Kier molecular flexibility index (Phi) is 4.86. The third kappa shape index (κ3) is 4.00. The molecule has 1 aromatic heterocycles. The van der Waals surface area contributed by atoms with Gasteiger partial charge in [0.1, 0.15) is 5.75 Å². The molecule has 0 saturated carbocycles. The Labute approximate surface area is 156 Å². The van der Waals surface area contributed by atoms with Gasteiger partial charge < -0.3 is 24.8 Å². The molecule has 8 heteroatoms. The van der Waals surface area contributed by atoms with Crippen molar-refractivity contribution in [1.82, 2.24) is 15.2 Å². The Morgan fingerprint density at radius 3 is 2.85 bits per heavy atom. The Bertz CT molecular complexity index is 935. The van der Waals surface area contributed by atoms with Crippen LogP contribution in [0.3, 0.4) is 0 Å². The van der Waals surface area contributed by atoms with Gasteiger partial charge in [-0.3, -0.25) is 0 Å². The highest BCUT2D eigenvalue weighted by atomic mass is 16.7. The van der Waals surface area contributed by atoms with E-state index in [9.17, 15) is 0 Å². The number of para-hydroxylation sites is 1. The largest absolute Gasteiger partial charge is 0.496 e. The van der Waals surface area contributed by atoms with Crippen LogP contribution in [0.5, 0.6) is 17.2 Å². The number of methoxy groups -OCH3 is 1. The zero-order valence-corrected chi connectivity index (χ0v) is 14.8. The number of hydrogen-bond donors (Lipinski definition) is 2. The van der Waals surface area contributed by atoms with Crippen molar-refractivity contribution in [2.75, 3.05) is 24.5 Å². The van der Waals surface area contributed by atoms with Gasteiger partial charge in [0, 0.05) is 18.7 Å². The highest BCUT2D eigenvalue weighted by Gasteiger charge is 2.13. The van der Waals surface area contributed by atoms with Gasteiger partial charge in [-0.1, -0.05) is 24.3 Å². The molecule has 3 aromatic rings. The maximum absolute atomic E-state index is 5.39. The SMILES string of the molecule is COc1ccccc1CNc1nncc(NCc2ccc3c(c2)OCO3)n1. The summed E-state index contributed by atoms with van der Waals surface area (Å²) >= 11 is 0. The van der Waals surface area contributed by atoms with Crippen LogP contribution in [0.15, 0.2) is 48.7 Å². The molecule has 2 heterocycles. The summed E-state index contributed by atoms with van der Waals surface area (Å²) in [4.78, 5) is 4.44. The molecule has 0 amide bonds. The molecule has 27 heavy (non-hydrogen) atoms. The lowest BCUT2D eigenvalue weighted by molar-refractivity contribution is 0.174. The molecular formula is C19H19N5O3. The number of benzene rings is 2. The molecule has 0 unspecified atom stereocenters. The van der Waals surface area contributed by atoms with E-state index in [0.29, 0.717) is 24.9 Å². The van der Waals surface area contributed by atoms with Crippen LogP contribution in [0.25, 0.3) is 0 Å². The summed E-state index contributed by atoms with van der Waals surface area (Å²) in [5.74, 6) is 3.41. The quantitative estimate of drug-likeness (QED) is 0.661. The summed E-state index contributed by atoms with van der Waals surface area (Å²) in [5.41, 5.74) is 2.07. The second kappa shape index (κ2) is 7.77. The smallest absolute Gasteiger partial charge is 0.244 e. The molecule has 2 N–H and O–H groups in total. The fraction of sp³-hybridized carbons (Fsp3) is 0.211. The van der Waals surface area contributed by atoms with Crippen LogP contribution >= 0.6 is 0 Å². The molecule has 0 saturated heterocycles. The zero-order valence-electron chi connectivity index (χ0n) is 14.8. The van der Waals surface area contributed by atoms with Crippen molar-refractivity contribution in [3.63, 3.8) is 0 Å². The normalized spacial score (nSPS) is 11.9. The Balaban J connectivity index is 1.37. The maximum Gasteiger partial charge on any atom is 0.244 e. The molecule has 138 valence electrons. The van der Waals surface area contributed by atoms with Crippen molar-refractivity contribution < 1.29 is 14.2 Å². The standard InChI is InChI=1S/C19H19N5O3/c1-25-15-5-3-2-4-14(15)10-21-19-23-18(11-22-24-19)20-9-13-6-7-16-17(8-13)27-12-26-16/h2-8,11H,9-10,12H2,1H3,(H2,20,21,23,24). The van der Waals surface area contributed by atoms with E-state index in [-0.39, 0.29) is 6.79 Å². The molecular weight excluding hydrogens is 346 g/mol. The topological polar surface area (TPSA) is 90.4 Å². The third-order valence-electron chi connectivity index (χ3n) is 4.10. The van der Waals surface area contributed by atoms with E-state index in [0.717, 1.165) is 28.4 Å². The molecule has 1 aliphatic heterocycles. The van der Waals surface area contributed by atoms with Gasteiger partial charge in [-0.15, -0.1) is 5.10 Å². The molecule has 0 fully saturated rings. The van der Waals surface area contributed by atoms with Crippen LogP contribution in [0.4, 0.5) is 11.8 Å². The minimum atomic E-state index is 0.267. The minimum absolute atomic E-state index is 0.267. The minimum Gasteiger partial charge on any atom is -0.496 e. The van der Waals surface area contributed by atoms with Gasteiger partial charge in [0.15, 0.2) is 17.3 Å². The van der Waals surface area contributed by atoms with Crippen molar-refractivity contribution in [1.29, 1.82) is 0 Å². The van der Waals surface area contributed by atoms with Gasteiger partial charge in [0.25, 0.3) is 0 Å². The molecule has 4 rings (SSSR count). The maximum atomic E-state index is 5.39. The van der Waals surface area contributed by atoms with Gasteiger partial charge in [-0.05, 0) is 23.8 Å². The van der Waals surface area contributed by atoms with E-state index in [1.807, 2.05) is 42.5 Å². The number of ether oxygens (including phenoxy) is 3. The van der Waals surface area contributed by atoms with Gasteiger partial charge >= 0.3 is 0 Å². The summed E-state index contributed by atoms with van der Waals surface area (Å²) in [6.07, 6.45) is 1.58. The first-order valence-corrected chi connectivity index (χ1v) is 8.50. The lowest BCUT2D eigenvalue weighted by Gasteiger charge is -2.10. The van der Waals surface area contributed by atoms with Crippen LogP contribution in [0.2, 0.25) is 0 Å². The Hall–Kier alpha value is -3.55. The van der Waals surface area contributed by atoms with E-state index >= 15 is 0 Å². The van der Waals surface area contributed by atoms with Crippen LogP contribution in [0, 0.1) is 0 Å². The summed E-state index contributed by atoms with van der Waals surface area (Å²) in [6.45, 7) is 1.39. The number of aromatic nitrogens is 3. The average molecular weight is 365 g/mol. The van der Waals surface area contributed by atoms with E-state index < -0.39 is 0 Å². The number of nitrogens with one attached hydrogen (secondary N) is 2. The highest BCUT2D eigenvalue weighted by Crippen LogP contribution is 2.32. The van der Waals surface area contributed by atoms with E-state index in [4.69, 9.17) is 14.2 Å². The Morgan fingerprint density at radius 2 is 1.93 bits per heavy atom. The predicted octanol–water partition coefficient (Wildman–Crippen LogP) is 2.83.